The van der Waals surface area contributed by atoms with Gasteiger partial charge < -0.3 is 4.42 Å². The second-order valence-corrected chi connectivity index (χ2v) is 3.87. The number of rotatable bonds is 0. The first-order valence-electron chi connectivity index (χ1n) is 4.66. The molecule has 0 atom stereocenters. The number of furan rings is 1. The predicted octanol–water partition coefficient (Wildman–Crippen LogP) is 2.71. The van der Waals surface area contributed by atoms with Gasteiger partial charge in [-0.1, -0.05) is 24.3 Å². The first-order valence-corrected chi connectivity index (χ1v) is 5.04. The van der Waals surface area contributed by atoms with Gasteiger partial charge in [0.2, 0.25) is 5.78 Å². The summed E-state index contributed by atoms with van der Waals surface area (Å²) in [5, 5.41) is 0.0551. The molecular weight excluding hydrogens is 228 g/mol. The van der Waals surface area contributed by atoms with Crippen molar-refractivity contribution in [3.63, 3.8) is 0 Å². The van der Waals surface area contributed by atoms with Gasteiger partial charge in [-0.3, -0.25) is 9.59 Å². The van der Waals surface area contributed by atoms with Crippen molar-refractivity contribution in [1.29, 1.82) is 0 Å². The molecule has 0 spiro atoms. The van der Waals surface area contributed by atoms with Crippen molar-refractivity contribution in [3.8, 4) is 0 Å². The first-order chi connectivity index (χ1) is 7.68. The van der Waals surface area contributed by atoms with Crippen molar-refractivity contribution in [2.45, 2.75) is 0 Å². The van der Waals surface area contributed by atoms with Crippen LogP contribution in [0.3, 0.4) is 0 Å². The van der Waals surface area contributed by atoms with Gasteiger partial charge >= 0.3 is 0 Å². The van der Waals surface area contributed by atoms with E-state index in [0.29, 0.717) is 11.1 Å². The zero-order valence-corrected chi connectivity index (χ0v) is 8.75. The fourth-order valence-corrected chi connectivity index (χ4v) is 2.03. The van der Waals surface area contributed by atoms with Crippen LogP contribution in [0.25, 0.3) is 0 Å². The van der Waals surface area contributed by atoms with Crippen LogP contribution in [-0.4, -0.2) is 11.6 Å². The van der Waals surface area contributed by atoms with E-state index in [2.05, 4.69) is 0 Å². The molecule has 1 aromatic carbocycles. The highest BCUT2D eigenvalue weighted by atomic mass is 35.5. The van der Waals surface area contributed by atoms with Crippen LogP contribution in [0, 0.1) is 0 Å². The van der Waals surface area contributed by atoms with E-state index in [1.807, 2.05) is 0 Å². The van der Waals surface area contributed by atoms with Crippen LogP contribution in [-0.2, 0) is 0 Å². The highest BCUT2D eigenvalue weighted by Crippen LogP contribution is 2.30. The minimum absolute atomic E-state index is 0.0358. The molecule has 0 radical (unpaired) electrons. The Morgan fingerprint density at radius 3 is 2.25 bits per heavy atom. The lowest BCUT2D eigenvalue weighted by molar-refractivity contribution is 0.0960. The van der Waals surface area contributed by atoms with Crippen LogP contribution in [0.15, 0.2) is 34.7 Å². The van der Waals surface area contributed by atoms with E-state index in [9.17, 15) is 9.59 Å². The second kappa shape index (κ2) is 3.06. The number of hydrogen-bond donors (Lipinski definition) is 0. The molecule has 1 aliphatic rings. The van der Waals surface area contributed by atoms with E-state index in [4.69, 9.17) is 16.0 Å². The van der Waals surface area contributed by atoms with E-state index in [1.165, 1.54) is 6.07 Å². The zero-order chi connectivity index (χ0) is 11.3. The number of carbonyl (C=O) groups is 2. The van der Waals surface area contributed by atoms with E-state index < -0.39 is 0 Å². The van der Waals surface area contributed by atoms with E-state index in [0.717, 1.165) is 0 Å². The Bertz CT molecular complexity index is 572. The maximum atomic E-state index is 12.0. The maximum absolute atomic E-state index is 12.0. The van der Waals surface area contributed by atoms with Gasteiger partial charge in [0.05, 0.1) is 5.56 Å². The molecule has 1 heterocycles. The quantitative estimate of drug-likeness (QED) is 0.599. The molecule has 4 heteroatoms. The SMILES string of the molecule is O=C1c2ccccc2C(=O)c2oc(Cl)cc21. The van der Waals surface area contributed by atoms with Crippen molar-refractivity contribution in [2.24, 2.45) is 0 Å². The normalized spacial score (nSPS) is 13.6. The summed E-state index contributed by atoms with van der Waals surface area (Å²) in [6, 6.07) is 8.04. The Morgan fingerprint density at radius 2 is 1.56 bits per heavy atom. The van der Waals surface area contributed by atoms with Gasteiger partial charge in [-0.25, -0.2) is 0 Å². The summed E-state index contributed by atoms with van der Waals surface area (Å²) >= 11 is 5.65. The summed E-state index contributed by atoms with van der Waals surface area (Å²) in [5.41, 5.74) is 1.01. The molecular formula is C12H5ClO3. The monoisotopic (exact) mass is 232 g/mol. The van der Waals surface area contributed by atoms with Gasteiger partial charge in [0.15, 0.2) is 16.8 Å². The highest BCUT2D eigenvalue weighted by molar-refractivity contribution is 6.32. The lowest BCUT2D eigenvalue weighted by atomic mass is 9.89. The lowest BCUT2D eigenvalue weighted by Gasteiger charge is -2.11. The topological polar surface area (TPSA) is 47.3 Å². The molecule has 0 saturated carbocycles. The van der Waals surface area contributed by atoms with E-state index in [1.54, 1.807) is 24.3 Å². The number of ketones is 2. The molecule has 0 fully saturated rings. The van der Waals surface area contributed by atoms with Gasteiger partial charge in [0.1, 0.15) is 0 Å². The average Bonchev–Trinajstić information content (AvgIpc) is 2.68. The molecule has 3 nitrogen and oxygen atoms in total. The molecule has 16 heavy (non-hydrogen) atoms. The molecule has 1 aromatic heterocycles. The van der Waals surface area contributed by atoms with Crippen LogP contribution in [0.5, 0.6) is 0 Å². The Hall–Kier alpha value is -1.87. The Kier molecular flexibility index (Phi) is 1.79. The number of halogens is 1. The third-order valence-electron chi connectivity index (χ3n) is 2.57. The molecule has 1 aliphatic carbocycles. The van der Waals surface area contributed by atoms with E-state index >= 15 is 0 Å². The summed E-state index contributed by atoms with van der Waals surface area (Å²) < 4.78 is 5.04. The summed E-state index contributed by atoms with van der Waals surface area (Å²) in [5.74, 6) is -0.480. The van der Waals surface area contributed by atoms with Crippen molar-refractivity contribution < 1.29 is 14.0 Å². The molecule has 2 aromatic rings. The van der Waals surface area contributed by atoms with Gasteiger partial charge in [0.25, 0.3) is 0 Å². The number of benzene rings is 1. The zero-order valence-electron chi connectivity index (χ0n) is 7.99. The van der Waals surface area contributed by atoms with Crippen LogP contribution >= 0.6 is 11.6 Å². The Morgan fingerprint density at radius 1 is 0.938 bits per heavy atom. The van der Waals surface area contributed by atoms with Crippen molar-refractivity contribution >= 4 is 23.2 Å². The summed E-state index contributed by atoms with van der Waals surface area (Å²) in [6.45, 7) is 0. The molecule has 0 N–H and O–H groups in total. The molecule has 3 rings (SSSR count). The molecule has 78 valence electrons. The standard InChI is InChI=1S/C12H5ClO3/c13-9-5-8-10(14)6-3-1-2-4-7(6)11(15)12(8)16-9/h1-5H. The summed E-state index contributed by atoms with van der Waals surface area (Å²) in [6.07, 6.45) is 0. The highest BCUT2D eigenvalue weighted by Gasteiger charge is 2.32. The molecule has 0 aliphatic heterocycles. The van der Waals surface area contributed by atoms with Gasteiger partial charge in [-0.05, 0) is 11.6 Å². The van der Waals surface area contributed by atoms with Crippen LogP contribution in [0.2, 0.25) is 5.22 Å². The fraction of sp³-hybridized carbons (Fsp3) is 0. The molecule has 0 bridgehead atoms. The maximum Gasteiger partial charge on any atom is 0.229 e. The molecule has 0 saturated heterocycles. The number of fused-ring (bicyclic) bond motifs is 2. The second-order valence-electron chi connectivity index (χ2n) is 3.50. The Balaban J connectivity index is 2.34. The minimum Gasteiger partial charge on any atom is -0.440 e. The van der Waals surface area contributed by atoms with E-state index in [-0.39, 0.29) is 28.1 Å². The lowest BCUT2D eigenvalue weighted by Crippen LogP contribution is -2.18. The summed E-state index contributed by atoms with van der Waals surface area (Å²) in [7, 11) is 0. The fourth-order valence-electron chi connectivity index (χ4n) is 1.84. The van der Waals surface area contributed by atoms with Crippen molar-refractivity contribution in [3.05, 3.63) is 58.0 Å². The number of carbonyl (C=O) groups excluding carboxylic acids is 2. The first kappa shape index (κ1) is 9.36. The van der Waals surface area contributed by atoms with Crippen LogP contribution in [0.1, 0.15) is 32.0 Å². The van der Waals surface area contributed by atoms with Crippen molar-refractivity contribution in [1.82, 2.24) is 0 Å². The van der Waals surface area contributed by atoms with Crippen LogP contribution < -0.4 is 0 Å². The summed E-state index contributed by atoms with van der Waals surface area (Å²) in [4.78, 5) is 24.0. The Labute approximate surface area is 95.6 Å². The smallest absolute Gasteiger partial charge is 0.229 e. The van der Waals surface area contributed by atoms with Gasteiger partial charge in [0, 0.05) is 17.2 Å². The van der Waals surface area contributed by atoms with Gasteiger partial charge in [-0.15, -0.1) is 0 Å². The number of hydrogen-bond acceptors (Lipinski definition) is 3. The predicted molar refractivity (Wildman–Crippen MR) is 57.0 cm³/mol. The molecule has 0 amide bonds. The molecule has 0 unspecified atom stereocenters. The van der Waals surface area contributed by atoms with Crippen LogP contribution in [0.4, 0.5) is 0 Å². The minimum atomic E-state index is -0.294. The third-order valence-corrected chi connectivity index (χ3v) is 2.76. The largest absolute Gasteiger partial charge is 0.440 e. The third kappa shape index (κ3) is 1.09. The van der Waals surface area contributed by atoms with Crippen molar-refractivity contribution in [2.75, 3.05) is 0 Å². The average molecular weight is 233 g/mol. The van der Waals surface area contributed by atoms with Gasteiger partial charge in [-0.2, -0.15) is 0 Å².